The molecule has 1 fully saturated rings. The van der Waals surface area contributed by atoms with E-state index < -0.39 is 0 Å². The van der Waals surface area contributed by atoms with Gasteiger partial charge in [0.05, 0.1) is 12.6 Å². The molecule has 0 spiro atoms. The van der Waals surface area contributed by atoms with Crippen LogP contribution >= 0.6 is 24.0 Å². The summed E-state index contributed by atoms with van der Waals surface area (Å²) in [5.74, 6) is 1.57. The van der Waals surface area contributed by atoms with Crippen LogP contribution < -0.4 is 15.4 Å². The highest BCUT2D eigenvalue weighted by Crippen LogP contribution is 2.17. The van der Waals surface area contributed by atoms with Crippen molar-refractivity contribution in [1.29, 1.82) is 0 Å². The second-order valence-electron chi connectivity index (χ2n) is 6.35. The van der Waals surface area contributed by atoms with Gasteiger partial charge < -0.3 is 15.4 Å². The summed E-state index contributed by atoms with van der Waals surface area (Å²) in [5.41, 5.74) is 1.09. The molecule has 5 nitrogen and oxygen atoms in total. The Morgan fingerprint density at radius 1 is 1.29 bits per heavy atom. The highest BCUT2D eigenvalue weighted by Gasteiger charge is 2.14. The zero-order chi connectivity index (χ0) is 16.5. The Morgan fingerprint density at radius 2 is 2.04 bits per heavy atom. The van der Waals surface area contributed by atoms with Crippen molar-refractivity contribution in [3.05, 3.63) is 23.9 Å². The Bertz CT molecular complexity index is 484. The topological polar surface area (TPSA) is 58.5 Å². The summed E-state index contributed by atoms with van der Waals surface area (Å²) in [4.78, 5) is 9.01. The average molecular weight is 446 g/mol. The maximum atomic E-state index is 5.56. The average Bonchev–Trinajstić information content (AvgIpc) is 2.55. The van der Waals surface area contributed by atoms with Crippen LogP contribution in [0.15, 0.2) is 23.3 Å². The van der Waals surface area contributed by atoms with Gasteiger partial charge in [0.2, 0.25) is 5.88 Å². The van der Waals surface area contributed by atoms with E-state index in [4.69, 9.17) is 4.74 Å². The Morgan fingerprint density at radius 3 is 2.62 bits per heavy atom. The van der Waals surface area contributed by atoms with Crippen molar-refractivity contribution >= 4 is 29.9 Å². The summed E-state index contributed by atoms with van der Waals surface area (Å²) in [5, 5.41) is 6.89. The number of nitrogens with zero attached hydrogens (tertiary/aromatic N) is 2. The lowest BCUT2D eigenvalue weighted by atomic mass is 9.96. The molecule has 0 saturated heterocycles. The molecule has 0 atom stereocenters. The highest BCUT2D eigenvalue weighted by atomic mass is 127. The molecule has 1 aliphatic carbocycles. The van der Waals surface area contributed by atoms with Crippen molar-refractivity contribution in [3.63, 3.8) is 0 Å². The van der Waals surface area contributed by atoms with E-state index in [2.05, 4.69) is 27.5 Å². The molecular weight excluding hydrogens is 415 g/mol. The van der Waals surface area contributed by atoms with E-state index in [9.17, 15) is 0 Å². The van der Waals surface area contributed by atoms with Gasteiger partial charge in [-0.25, -0.2) is 9.98 Å². The van der Waals surface area contributed by atoms with Crippen molar-refractivity contribution in [1.82, 2.24) is 15.6 Å². The van der Waals surface area contributed by atoms with E-state index in [-0.39, 0.29) is 30.1 Å². The zero-order valence-electron chi connectivity index (χ0n) is 15.0. The van der Waals surface area contributed by atoms with Crippen LogP contribution in [0.1, 0.15) is 58.4 Å². The lowest BCUT2D eigenvalue weighted by Crippen LogP contribution is -2.44. The third kappa shape index (κ3) is 7.68. The summed E-state index contributed by atoms with van der Waals surface area (Å²) in [6.07, 6.45) is 8.47. The Hall–Kier alpha value is -1.05. The lowest BCUT2D eigenvalue weighted by Gasteiger charge is -2.24. The predicted molar refractivity (Wildman–Crippen MR) is 110 cm³/mol. The largest absolute Gasteiger partial charge is 0.475 e. The van der Waals surface area contributed by atoms with Crippen LogP contribution in [0.2, 0.25) is 0 Å². The number of pyridine rings is 1. The number of hydrogen-bond donors (Lipinski definition) is 2. The van der Waals surface area contributed by atoms with Gasteiger partial charge in [-0.15, -0.1) is 24.0 Å². The minimum Gasteiger partial charge on any atom is -0.475 e. The van der Waals surface area contributed by atoms with E-state index in [0.717, 1.165) is 18.1 Å². The van der Waals surface area contributed by atoms with Crippen LogP contribution in [0.25, 0.3) is 0 Å². The van der Waals surface area contributed by atoms with Gasteiger partial charge in [-0.2, -0.15) is 0 Å². The maximum absolute atomic E-state index is 5.56. The van der Waals surface area contributed by atoms with Crippen LogP contribution in [0.3, 0.4) is 0 Å². The second-order valence-corrected chi connectivity index (χ2v) is 6.35. The predicted octanol–water partition coefficient (Wildman–Crippen LogP) is 3.87. The first-order valence-corrected chi connectivity index (χ1v) is 8.83. The molecule has 1 heterocycles. The summed E-state index contributed by atoms with van der Waals surface area (Å²) >= 11 is 0. The molecule has 1 aromatic heterocycles. The number of guanidine groups is 1. The molecule has 136 valence electrons. The summed E-state index contributed by atoms with van der Waals surface area (Å²) in [7, 11) is 0. The molecule has 0 bridgehead atoms. The van der Waals surface area contributed by atoms with Crippen LogP contribution in [-0.4, -0.2) is 29.6 Å². The molecule has 1 aliphatic rings. The number of rotatable bonds is 6. The van der Waals surface area contributed by atoms with Gasteiger partial charge in [0.15, 0.2) is 5.96 Å². The van der Waals surface area contributed by atoms with Crippen molar-refractivity contribution in [2.24, 2.45) is 4.99 Å². The molecule has 1 saturated carbocycles. The van der Waals surface area contributed by atoms with E-state index >= 15 is 0 Å². The molecule has 6 heteroatoms. The van der Waals surface area contributed by atoms with E-state index in [1.165, 1.54) is 32.1 Å². The van der Waals surface area contributed by atoms with Gasteiger partial charge in [-0.05, 0) is 39.2 Å². The number of ether oxygens (including phenoxy) is 1. The molecule has 0 unspecified atom stereocenters. The van der Waals surface area contributed by atoms with E-state index in [1.54, 1.807) is 0 Å². The number of hydrogen-bond acceptors (Lipinski definition) is 3. The summed E-state index contributed by atoms with van der Waals surface area (Å²) in [6.45, 7) is 7.59. The first-order chi connectivity index (χ1) is 11.2. The minimum atomic E-state index is 0. The normalized spacial score (nSPS) is 15.8. The van der Waals surface area contributed by atoms with Gasteiger partial charge in [0.1, 0.15) is 0 Å². The van der Waals surface area contributed by atoms with Gasteiger partial charge in [-0.1, -0.05) is 25.3 Å². The molecule has 2 rings (SSSR count). The summed E-state index contributed by atoms with van der Waals surface area (Å²) in [6, 6.07) is 4.49. The number of aliphatic imine (C=N–C) groups is 1. The van der Waals surface area contributed by atoms with Crippen LogP contribution in [0, 0.1) is 0 Å². The first-order valence-electron chi connectivity index (χ1n) is 8.83. The van der Waals surface area contributed by atoms with Crippen LogP contribution in [-0.2, 0) is 6.54 Å². The first kappa shape index (κ1) is 21.0. The third-order valence-electron chi connectivity index (χ3n) is 3.86. The molecule has 2 N–H and O–H groups in total. The highest BCUT2D eigenvalue weighted by molar-refractivity contribution is 14.0. The third-order valence-corrected chi connectivity index (χ3v) is 3.86. The molecule has 0 radical (unpaired) electrons. The fourth-order valence-electron chi connectivity index (χ4n) is 2.75. The zero-order valence-corrected chi connectivity index (χ0v) is 17.4. The SMILES string of the molecule is CCNC(=NCc1ccc(OC(C)C)nc1)NC1CCCCC1.I. The fourth-order valence-corrected chi connectivity index (χ4v) is 2.75. The molecule has 24 heavy (non-hydrogen) atoms. The summed E-state index contributed by atoms with van der Waals surface area (Å²) < 4.78 is 5.56. The maximum Gasteiger partial charge on any atom is 0.213 e. The minimum absolute atomic E-state index is 0. The second kappa shape index (κ2) is 11.5. The molecule has 1 aromatic rings. The van der Waals surface area contributed by atoms with Gasteiger partial charge in [-0.3, -0.25) is 0 Å². The molecule has 0 amide bonds. The van der Waals surface area contributed by atoms with E-state index in [1.807, 2.05) is 32.2 Å². The molecular formula is C18H31IN4O. The smallest absolute Gasteiger partial charge is 0.213 e. The van der Waals surface area contributed by atoms with Gasteiger partial charge >= 0.3 is 0 Å². The van der Waals surface area contributed by atoms with Crippen molar-refractivity contribution in [2.45, 2.75) is 71.6 Å². The van der Waals surface area contributed by atoms with Crippen molar-refractivity contribution < 1.29 is 4.74 Å². The number of halogens is 1. The molecule has 0 aliphatic heterocycles. The molecule has 0 aromatic carbocycles. The van der Waals surface area contributed by atoms with Crippen molar-refractivity contribution in [2.75, 3.05) is 6.54 Å². The number of aromatic nitrogens is 1. The van der Waals surface area contributed by atoms with Crippen LogP contribution in [0.4, 0.5) is 0 Å². The van der Waals surface area contributed by atoms with Gasteiger partial charge in [0.25, 0.3) is 0 Å². The van der Waals surface area contributed by atoms with Crippen molar-refractivity contribution in [3.8, 4) is 5.88 Å². The number of nitrogens with one attached hydrogen (secondary N) is 2. The Balaban J connectivity index is 0.00000288. The standard InChI is InChI=1S/C18H30N4O.HI/c1-4-19-18(22-16-8-6-5-7-9-16)21-13-15-10-11-17(20-12-15)23-14(2)3;/h10-12,14,16H,4-9,13H2,1-3H3,(H2,19,21,22);1H. The van der Waals surface area contributed by atoms with Gasteiger partial charge in [0, 0.05) is 24.8 Å². The quantitative estimate of drug-likeness (QED) is 0.396. The Kier molecular flexibility index (Phi) is 10.1. The van der Waals surface area contributed by atoms with E-state index in [0.29, 0.717) is 18.5 Å². The Labute approximate surface area is 163 Å². The fraction of sp³-hybridized carbons (Fsp3) is 0.667. The lowest BCUT2D eigenvalue weighted by molar-refractivity contribution is 0.232. The monoisotopic (exact) mass is 446 g/mol. The van der Waals surface area contributed by atoms with Crippen LogP contribution in [0.5, 0.6) is 5.88 Å².